The van der Waals surface area contributed by atoms with E-state index >= 15 is 0 Å². The number of carbonyl (C=O) groups is 1. The SMILES string of the molecule is Cc1ccc2nc(C)c(C(=O)Nc3ccnn3C3CCCC3)cc2c1. The molecule has 2 aromatic heterocycles. The lowest BCUT2D eigenvalue weighted by Gasteiger charge is -2.15. The summed E-state index contributed by atoms with van der Waals surface area (Å²) in [6.07, 6.45) is 6.46. The van der Waals surface area contributed by atoms with Gasteiger partial charge in [0, 0.05) is 11.5 Å². The Bertz CT molecular complexity index is 938. The van der Waals surface area contributed by atoms with E-state index in [0.717, 1.165) is 40.8 Å². The van der Waals surface area contributed by atoms with Gasteiger partial charge in [-0.15, -0.1) is 0 Å². The number of benzene rings is 1. The summed E-state index contributed by atoms with van der Waals surface area (Å²) in [4.78, 5) is 17.4. The van der Waals surface area contributed by atoms with Crippen LogP contribution in [0.1, 0.15) is 53.3 Å². The normalized spacial score (nSPS) is 15.0. The monoisotopic (exact) mass is 334 g/mol. The molecule has 0 unspecified atom stereocenters. The highest BCUT2D eigenvalue weighted by Crippen LogP contribution is 2.31. The van der Waals surface area contributed by atoms with Gasteiger partial charge in [0.1, 0.15) is 5.82 Å². The molecule has 0 bridgehead atoms. The molecule has 0 aliphatic heterocycles. The van der Waals surface area contributed by atoms with Crippen LogP contribution in [0.4, 0.5) is 5.82 Å². The van der Waals surface area contributed by atoms with E-state index in [-0.39, 0.29) is 5.91 Å². The fourth-order valence-corrected chi connectivity index (χ4v) is 3.66. The average molecular weight is 334 g/mol. The number of aryl methyl sites for hydroxylation is 2. The molecule has 1 aliphatic rings. The van der Waals surface area contributed by atoms with Crippen molar-refractivity contribution in [2.45, 2.75) is 45.6 Å². The van der Waals surface area contributed by atoms with Crippen molar-refractivity contribution in [2.24, 2.45) is 0 Å². The van der Waals surface area contributed by atoms with Crippen LogP contribution in [0.25, 0.3) is 10.9 Å². The third-order valence-electron chi connectivity index (χ3n) is 4.99. The maximum Gasteiger partial charge on any atom is 0.258 e. The molecule has 0 saturated heterocycles. The van der Waals surface area contributed by atoms with Crippen LogP contribution >= 0.6 is 0 Å². The minimum Gasteiger partial charge on any atom is -0.307 e. The standard InChI is InChI=1S/C20H22N4O/c1-13-7-8-18-15(11-13)12-17(14(2)22-18)20(25)23-19-9-10-21-24(19)16-5-3-4-6-16/h7-12,16H,3-6H2,1-2H3,(H,23,25). The van der Waals surface area contributed by atoms with Crippen LogP contribution in [0, 0.1) is 13.8 Å². The third kappa shape index (κ3) is 3.02. The number of anilines is 1. The number of hydrogen-bond acceptors (Lipinski definition) is 3. The van der Waals surface area contributed by atoms with Crippen LogP contribution in [0.2, 0.25) is 0 Å². The van der Waals surface area contributed by atoms with E-state index in [0.29, 0.717) is 11.6 Å². The molecule has 2 heterocycles. The summed E-state index contributed by atoms with van der Waals surface area (Å²) in [6.45, 7) is 3.92. The molecule has 0 spiro atoms. The van der Waals surface area contributed by atoms with E-state index in [1.165, 1.54) is 12.8 Å². The van der Waals surface area contributed by atoms with Gasteiger partial charge in [-0.25, -0.2) is 4.68 Å². The number of hydrogen-bond donors (Lipinski definition) is 1. The van der Waals surface area contributed by atoms with Crippen molar-refractivity contribution in [2.75, 3.05) is 5.32 Å². The zero-order valence-electron chi connectivity index (χ0n) is 14.6. The number of rotatable bonds is 3. The lowest BCUT2D eigenvalue weighted by atomic mass is 10.1. The Hall–Kier alpha value is -2.69. The molecule has 5 heteroatoms. The number of nitrogens with zero attached hydrogens (tertiary/aromatic N) is 3. The van der Waals surface area contributed by atoms with Crippen LogP contribution in [-0.2, 0) is 0 Å². The van der Waals surface area contributed by atoms with E-state index in [9.17, 15) is 4.79 Å². The van der Waals surface area contributed by atoms with Crippen molar-refractivity contribution in [3.05, 3.63) is 53.3 Å². The third-order valence-corrected chi connectivity index (χ3v) is 4.99. The van der Waals surface area contributed by atoms with Crippen molar-refractivity contribution in [1.29, 1.82) is 0 Å². The first kappa shape index (κ1) is 15.8. The van der Waals surface area contributed by atoms with Gasteiger partial charge in [0.15, 0.2) is 0 Å². The highest BCUT2D eigenvalue weighted by atomic mass is 16.1. The summed E-state index contributed by atoms with van der Waals surface area (Å²) < 4.78 is 1.96. The van der Waals surface area contributed by atoms with Gasteiger partial charge in [0.2, 0.25) is 0 Å². The number of aromatic nitrogens is 3. The lowest BCUT2D eigenvalue weighted by molar-refractivity contribution is 0.102. The summed E-state index contributed by atoms with van der Waals surface area (Å²) in [6, 6.07) is 10.3. The molecule has 1 aromatic carbocycles. The molecule has 1 amide bonds. The van der Waals surface area contributed by atoms with E-state index in [2.05, 4.69) is 21.5 Å². The molecule has 1 saturated carbocycles. The van der Waals surface area contributed by atoms with Gasteiger partial charge in [-0.3, -0.25) is 9.78 Å². The van der Waals surface area contributed by atoms with E-state index in [1.807, 2.05) is 42.8 Å². The first-order valence-corrected chi connectivity index (χ1v) is 8.85. The summed E-state index contributed by atoms with van der Waals surface area (Å²) in [5.74, 6) is 0.633. The van der Waals surface area contributed by atoms with E-state index < -0.39 is 0 Å². The van der Waals surface area contributed by atoms with Crippen molar-refractivity contribution in [3.63, 3.8) is 0 Å². The van der Waals surface area contributed by atoms with Gasteiger partial charge in [0.25, 0.3) is 5.91 Å². The minimum absolute atomic E-state index is 0.131. The molecule has 4 rings (SSSR count). The Kier molecular flexibility index (Phi) is 3.99. The molecular formula is C20H22N4O. The number of pyridine rings is 1. The second-order valence-corrected chi connectivity index (χ2v) is 6.87. The van der Waals surface area contributed by atoms with Gasteiger partial charge in [0.05, 0.1) is 29.0 Å². The predicted octanol–water partition coefficient (Wildman–Crippen LogP) is 4.42. The fraction of sp³-hybridized carbons (Fsp3) is 0.350. The van der Waals surface area contributed by atoms with Crippen LogP contribution in [0.3, 0.4) is 0 Å². The summed E-state index contributed by atoms with van der Waals surface area (Å²) in [7, 11) is 0. The Morgan fingerprint density at radius 1 is 1.16 bits per heavy atom. The smallest absolute Gasteiger partial charge is 0.258 e. The van der Waals surface area contributed by atoms with E-state index in [4.69, 9.17) is 0 Å². The quantitative estimate of drug-likeness (QED) is 0.771. The number of amides is 1. The van der Waals surface area contributed by atoms with Crippen LogP contribution < -0.4 is 5.32 Å². The van der Waals surface area contributed by atoms with Crippen molar-refractivity contribution in [3.8, 4) is 0 Å². The average Bonchev–Trinajstić information content (AvgIpc) is 3.25. The molecular weight excluding hydrogens is 312 g/mol. The second kappa shape index (κ2) is 6.31. The number of fused-ring (bicyclic) bond motifs is 1. The molecule has 25 heavy (non-hydrogen) atoms. The molecule has 0 atom stereocenters. The van der Waals surface area contributed by atoms with Gasteiger partial charge >= 0.3 is 0 Å². The molecule has 1 fully saturated rings. The first-order chi connectivity index (χ1) is 12.1. The highest BCUT2D eigenvalue weighted by Gasteiger charge is 2.21. The van der Waals surface area contributed by atoms with Gasteiger partial charge < -0.3 is 5.32 Å². The molecule has 3 aromatic rings. The van der Waals surface area contributed by atoms with Crippen LogP contribution in [0.5, 0.6) is 0 Å². The Balaban J connectivity index is 1.64. The lowest BCUT2D eigenvalue weighted by Crippen LogP contribution is -2.19. The maximum absolute atomic E-state index is 12.8. The molecule has 0 radical (unpaired) electrons. The molecule has 1 N–H and O–H groups in total. The zero-order valence-corrected chi connectivity index (χ0v) is 14.6. The van der Waals surface area contributed by atoms with Crippen molar-refractivity contribution < 1.29 is 4.79 Å². The van der Waals surface area contributed by atoms with Crippen LogP contribution in [0.15, 0.2) is 36.5 Å². The largest absolute Gasteiger partial charge is 0.307 e. The first-order valence-electron chi connectivity index (χ1n) is 8.85. The van der Waals surface area contributed by atoms with Gasteiger partial charge in [-0.05, 0) is 44.9 Å². The molecule has 128 valence electrons. The number of carbonyl (C=O) groups excluding carboxylic acids is 1. The Labute approximate surface area is 147 Å². The van der Waals surface area contributed by atoms with Crippen molar-refractivity contribution >= 4 is 22.6 Å². The topological polar surface area (TPSA) is 59.8 Å². The molecule has 1 aliphatic carbocycles. The summed E-state index contributed by atoms with van der Waals surface area (Å²) >= 11 is 0. The maximum atomic E-state index is 12.8. The second-order valence-electron chi connectivity index (χ2n) is 6.87. The van der Waals surface area contributed by atoms with Crippen LogP contribution in [-0.4, -0.2) is 20.7 Å². The predicted molar refractivity (Wildman–Crippen MR) is 98.9 cm³/mol. The number of nitrogens with one attached hydrogen (secondary N) is 1. The fourth-order valence-electron chi connectivity index (χ4n) is 3.66. The summed E-state index contributed by atoms with van der Waals surface area (Å²) in [5.41, 5.74) is 3.41. The summed E-state index contributed by atoms with van der Waals surface area (Å²) in [5, 5.41) is 8.43. The van der Waals surface area contributed by atoms with E-state index in [1.54, 1.807) is 6.20 Å². The van der Waals surface area contributed by atoms with Gasteiger partial charge in [-0.1, -0.05) is 24.5 Å². The Morgan fingerprint density at radius 3 is 2.76 bits per heavy atom. The zero-order chi connectivity index (χ0) is 17.4. The minimum atomic E-state index is -0.131. The highest BCUT2D eigenvalue weighted by molar-refractivity contribution is 6.06. The molecule has 5 nitrogen and oxygen atoms in total. The Morgan fingerprint density at radius 2 is 1.96 bits per heavy atom. The van der Waals surface area contributed by atoms with Crippen molar-refractivity contribution in [1.82, 2.24) is 14.8 Å². The van der Waals surface area contributed by atoms with Gasteiger partial charge in [-0.2, -0.15) is 5.10 Å².